The Morgan fingerprint density at radius 3 is 1.59 bits per heavy atom. The van der Waals surface area contributed by atoms with Crippen LogP contribution in [0, 0.1) is 0 Å². The van der Waals surface area contributed by atoms with Gasteiger partial charge in [-0.15, -0.1) is 0 Å². The van der Waals surface area contributed by atoms with Gasteiger partial charge in [-0.05, 0) is 19.8 Å². The normalized spacial score (nSPS) is 14.2. The van der Waals surface area contributed by atoms with Gasteiger partial charge in [-0.1, -0.05) is 116 Å². The van der Waals surface area contributed by atoms with Crippen LogP contribution in [0.15, 0.2) is 0 Å². The van der Waals surface area contributed by atoms with Crippen LogP contribution in [0.3, 0.4) is 0 Å². The molecule has 0 aliphatic rings. The van der Waals surface area contributed by atoms with Gasteiger partial charge in [-0.3, -0.25) is 4.57 Å². The second-order valence-corrected chi connectivity index (χ2v) is 13.4. The van der Waals surface area contributed by atoms with Gasteiger partial charge in [0.25, 0.3) is 7.82 Å². The molecule has 0 aliphatic heterocycles. The number of carbonyl (C=O) groups excluding carboxylic acids is 1. The summed E-state index contributed by atoms with van der Waals surface area (Å²) in [5.74, 6) is 0. The minimum absolute atomic E-state index is 0.0470. The number of quaternary nitrogens is 1. The van der Waals surface area contributed by atoms with Crippen LogP contribution in [0.4, 0.5) is 4.79 Å². The van der Waals surface area contributed by atoms with Crippen LogP contribution in [-0.4, -0.2) is 64.1 Å². The quantitative estimate of drug-likeness (QED) is 0.0579. The van der Waals surface area contributed by atoms with E-state index in [-0.39, 0.29) is 13.2 Å². The maximum Gasteiger partial charge on any atom is 0.407 e. The number of likely N-dealkylation sites (N-methyl/N-ethyl adjacent to an activating group) is 1. The van der Waals surface area contributed by atoms with Gasteiger partial charge in [0.1, 0.15) is 19.3 Å². The van der Waals surface area contributed by atoms with E-state index in [9.17, 15) is 14.3 Å². The highest BCUT2D eigenvalue weighted by molar-refractivity contribution is 7.45. The van der Waals surface area contributed by atoms with Gasteiger partial charge in [0.05, 0.1) is 27.7 Å². The number of hydrogen-bond donors (Lipinski definition) is 1. The molecule has 8 nitrogen and oxygen atoms in total. The van der Waals surface area contributed by atoms with Crippen molar-refractivity contribution in [1.29, 1.82) is 0 Å². The molecule has 0 aromatic rings. The second kappa shape index (κ2) is 25.1. The Kier molecular flexibility index (Phi) is 24.7. The fourth-order valence-corrected chi connectivity index (χ4v) is 5.15. The van der Waals surface area contributed by atoms with Gasteiger partial charge in [-0.25, -0.2) is 4.79 Å². The number of amides is 1. The zero-order valence-corrected chi connectivity index (χ0v) is 27.1. The Balaban J connectivity index is 3.89. The van der Waals surface area contributed by atoms with Crippen LogP contribution < -0.4 is 10.2 Å². The van der Waals surface area contributed by atoms with Crippen LogP contribution in [0.25, 0.3) is 0 Å². The Labute approximate surface area is 241 Å². The number of nitrogens with zero attached hydrogens (tertiary/aromatic N) is 1. The summed E-state index contributed by atoms with van der Waals surface area (Å²) in [6.45, 7) is 4.88. The number of nitrogens with one attached hydrogen (secondary N) is 1. The van der Waals surface area contributed by atoms with Crippen molar-refractivity contribution < 1.29 is 32.5 Å². The number of unbranched alkanes of at least 4 members (excludes halogenated alkanes) is 17. The number of alkyl carbamates (subject to hydrolysis) is 1. The van der Waals surface area contributed by atoms with Crippen molar-refractivity contribution in [2.75, 3.05) is 47.4 Å². The molecule has 0 saturated heterocycles. The maximum atomic E-state index is 12.1. The first-order valence-corrected chi connectivity index (χ1v) is 17.4. The number of phosphoric acid groups is 1. The smallest absolute Gasteiger partial charge is 0.407 e. The van der Waals surface area contributed by atoms with Crippen molar-refractivity contribution in [2.45, 2.75) is 142 Å². The molecule has 39 heavy (non-hydrogen) atoms. The third kappa shape index (κ3) is 28.7. The first-order valence-electron chi connectivity index (χ1n) is 15.9. The van der Waals surface area contributed by atoms with Gasteiger partial charge >= 0.3 is 6.09 Å². The molecule has 2 unspecified atom stereocenters. The molecular weight excluding hydrogens is 515 g/mol. The van der Waals surface area contributed by atoms with Gasteiger partial charge in [0.15, 0.2) is 0 Å². The minimum Gasteiger partial charge on any atom is -0.756 e. The second-order valence-electron chi connectivity index (χ2n) is 11.9. The summed E-state index contributed by atoms with van der Waals surface area (Å²) < 4.78 is 28.1. The summed E-state index contributed by atoms with van der Waals surface area (Å²) >= 11 is 0. The van der Waals surface area contributed by atoms with Crippen molar-refractivity contribution in [3.8, 4) is 0 Å². The fraction of sp³-hybridized carbons (Fsp3) is 0.967. The van der Waals surface area contributed by atoms with Crippen molar-refractivity contribution in [2.24, 2.45) is 0 Å². The number of hydrogen-bond acceptors (Lipinski definition) is 6. The molecule has 2 atom stereocenters. The van der Waals surface area contributed by atoms with E-state index in [1.807, 2.05) is 21.1 Å². The topological polar surface area (TPSA) is 96.9 Å². The standard InChI is InChI=1S/C30H63N2O6P/c1-6-8-9-10-11-12-13-14-15-16-17-18-19-20-21-22-23-24-25-29(38-30(33)31-7-2)28-37-39(34,35)36-27-26-32(3,4)5/h29H,6-28H2,1-5H3,(H-,31,33,34,35). The Bertz CT molecular complexity index is 615. The van der Waals surface area contributed by atoms with Gasteiger partial charge in [-0.2, -0.15) is 0 Å². The van der Waals surface area contributed by atoms with Crippen molar-refractivity contribution >= 4 is 13.9 Å². The average Bonchev–Trinajstić information content (AvgIpc) is 2.85. The highest BCUT2D eigenvalue weighted by atomic mass is 31.2. The van der Waals surface area contributed by atoms with E-state index in [2.05, 4.69) is 12.2 Å². The third-order valence-corrected chi connectivity index (χ3v) is 7.87. The fourth-order valence-electron chi connectivity index (χ4n) is 4.43. The molecular formula is C30H63N2O6P. The predicted molar refractivity (Wildman–Crippen MR) is 160 cm³/mol. The molecule has 9 heteroatoms. The number of rotatable bonds is 28. The summed E-state index contributed by atoms with van der Waals surface area (Å²) in [5, 5.41) is 2.59. The SMILES string of the molecule is CCCCCCCCCCCCCCCCCCCCC(COP(=O)([O-])OCC[N+](C)(C)C)OC(=O)NCC. The van der Waals surface area contributed by atoms with E-state index in [1.165, 1.54) is 96.3 Å². The van der Waals surface area contributed by atoms with Crippen LogP contribution in [0.5, 0.6) is 0 Å². The highest BCUT2D eigenvalue weighted by Gasteiger charge is 2.19. The van der Waals surface area contributed by atoms with E-state index in [4.69, 9.17) is 13.8 Å². The van der Waals surface area contributed by atoms with Crippen molar-refractivity contribution in [1.82, 2.24) is 5.32 Å². The molecule has 234 valence electrons. The van der Waals surface area contributed by atoms with Crippen LogP contribution in [0.2, 0.25) is 0 Å². The predicted octanol–water partition coefficient (Wildman–Crippen LogP) is 7.74. The number of carbonyl (C=O) groups is 1. The monoisotopic (exact) mass is 578 g/mol. The lowest BCUT2D eigenvalue weighted by atomic mass is 10.0. The molecule has 1 amide bonds. The Morgan fingerprint density at radius 1 is 0.744 bits per heavy atom. The lowest BCUT2D eigenvalue weighted by Crippen LogP contribution is -2.37. The van der Waals surface area contributed by atoms with Gasteiger partial charge < -0.3 is 28.5 Å². The summed E-state index contributed by atoms with van der Waals surface area (Å²) in [7, 11) is 1.42. The first kappa shape index (κ1) is 38.3. The van der Waals surface area contributed by atoms with Gasteiger partial charge in [0, 0.05) is 6.54 Å². The van der Waals surface area contributed by atoms with Crippen LogP contribution in [0.1, 0.15) is 136 Å². The summed E-state index contributed by atoms with van der Waals surface area (Å²) in [6, 6.07) is 0. The molecule has 0 saturated carbocycles. The minimum atomic E-state index is -4.44. The molecule has 1 N–H and O–H groups in total. The lowest BCUT2D eigenvalue weighted by Gasteiger charge is -2.28. The van der Waals surface area contributed by atoms with Crippen molar-refractivity contribution in [3.63, 3.8) is 0 Å². The van der Waals surface area contributed by atoms with Crippen molar-refractivity contribution in [3.05, 3.63) is 0 Å². The lowest BCUT2D eigenvalue weighted by molar-refractivity contribution is -0.870. The average molecular weight is 579 g/mol. The zero-order chi connectivity index (χ0) is 29.2. The van der Waals surface area contributed by atoms with E-state index in [1.54, 1.807) is 6.92 Å². The third-order valence-electron chi connectivity index (χ3n) is 6.90. The molecule has 0 bridgehead atoms. The summed E-state index contributed by atoms with van der Waals surface area (Å²) in [4.78, 5) is 24.0. The molecule has 0 spiro atoms. The number of phosphoric ester groups is 1. The maximum absolute atomic E-state index is 12.1. The van der Waals surface area contributed by atoms with Gasteiger partial charge in [0.2, 0.25) is 0 Å². The van der Waals surface area contributed by atoms with Crippen LogP contribution in [-0.2, 0) is 18.3 Å². The summed E-state index contributed by atoms with van der Waals surface area (Å²) in [5.41, 5.74) is 0. The molecule has 0 fully saturated rings. The molecule has 0 rings (SSSR count). The molecule has 0 aliphatic carbocycles. The highest BCUT2D eigenvalue weighted by Crippen LogP contribution is 2.38. The molecule has 0 heterocycles. The van der Waals surface area contributed by atoms with E-state index in [0.29, 0.717) is 24.0 Å². The summed E-state index contributed by atoms with van der Waals surface area (Å²) in [6.07, 6.45) is 22.9. The van der Waals surface area contributed by atoms with Crippen LogP contribution >= 0.6 is 7.82 Å². The zero-order valence-electron chi connectivity index (χ0n) is 26.2. The molecule has 0 aromatic heterocycles. The van der Waals surface area contributed by atoms with E-state index < -0.39 is 20.0 Å². The van der Waals surface area contributed by atoms with E-state index >= 15 is 0 Å². The largest absolute Gasteiger partial charge is 0.756 e. The first-order chi connectivity index (χ1) is 18.6. The Morgan fingerprint density at radius 2 is 1.18 bits per heavy atom. The molecule has 0 aromatic carbocycles. The molecule has 0 radical (unpaired) electrons. The van der Waals surface area contributed by atoms with E-state index in [0.717, 1.165) is 19.3 Å². The number of ether oxygens (including phenoxy) is 1. The Hall–Kier alpha value is -0.660.